The number of rotatable bonds is 5. The smallest absolute Gasteiger partial charge is 0.338 e. The number of allylic oxidation sites excluding steroid dienone is 1. The Labute approximate surface area is 212 Å². The highest BCUT2D eigenvalue weighted by Crippen LogP contribution is 2.31. The van der Waals surface area contributed by atoms with E-state index in [-0.39, 0.29) is 12.2 Å². The predicted octanol–water partition coefficient (Wildman–Crippen LogP) is 3.69. The molecule has 1 atom stereocenters. The maximum absolute atomic E-state index is 13.8. The van der Waals surface area contributed by atoms with E-state index >= 15 is 0 Å². The van der Waals surface area contributed by atoms with Crippen molar-refractivity contribution < 1.29 is 9.53 Å². The molecule has 1 aliphatic rings. The molecule has 0 fully saturated rings. The zero-order valence-corrected chi connectivity index (χ0v) is 21.1. The maximum atomic E-state index is 13.8. The highest BCUT2D eigenvalue weighted by atomic mass is 32.1. The molecular formula is C29H25N3O3S. The first-order valence-electron chi connectivity index (χ1n) is 11.7. The quantitative estimate of drug-likeness (QED) is 0.313. The molecule has 2 aromatic carbocycles. The Morgan fingerprint density at radius 1 is 1.19 bits per heavy atom. The second kappa shape index (κ2) is 9.48. The molecule has 7 heteroatoms. The minimum absolute atomic E-state index is 0.201. The fraction of sp³-hybridized carbons (Fsp3) is 0.207. The van der Waals surface area contributed by atoms with Crippen molar-refractivity contribution in [1.82, 2.24) is 9.13 Å². The number of thiazole rings is 1. The van der Waals surface area contributed by atoms with Crippen LogP contribution >= 0.6 is 11.3 Å². The van der Waals surface area contributed by atoms with Crippen molar-refractivity contribution in [2.45, 2.75) is 33.4 Å². The number of aromatic nitrogens is 2. The Morgan fingerprint density at radius 2 is 1.94 bits per heavy atom. The van der Waals surface area contributed by atoms with Crippen molar-refractivity contribution in [3.05, 3.63) is 102 Å². The summed E-state index contributed by atoms with van der Waals surface area (Å²) in [6, 6.07) is 15.2. The molecule has 1 aliphatic heterocycles. The number of esters is 1. The number of carbonyl (C=O) groups is 1. The normalized spacial score (nSPS) is 15.5. The van der Waals surface area contributed by atoms with Gasteiger partial charge in [0.15, 0.2) is 4.80 Å². The van der Waals surface area contributed by atoms with Crippen molar-refractivity contribution >= 4 is 34.3 Å². The topological polar surface area (TPSA) is 65.6 Å². The van der Waals surface area contributed by atoms with Crippen LogP contribution in [0.15, 0.2) is 75.8 Å². The van der Waals surface area contributed by atoms with Gasteiger partial charge in [0.25, 0.3) is 5.56 Å². The predicted molar refractivity (Wildman–Crippen MR) is 142 cm³/mol. The molecule has 2 aromatic heterocycles. The van der Waals surface area contributed by atoms with E-state index < -0.39 is 12.0 Å². The maximum Gasteiger partial charge on any atom is 0.338 e. The van der Waals surface area contributed by atoms with Crippen LogP contribution in [0, 0.1) is 19.3 Å². The number of terminal acetylenes is 1. The second-order valence-electron chi connectivity index (χ2n) is 8.65. The Kier molecular flexibility index (Phi) is 6.21. The number of carbonyl (C=O) groups excluding carboxylic acids is 1. The molecule has 3 heterocycles. The summed E-state index contributed by atoms with van der Waals surface area (Å²) >= 11 is 1.31. The van der Waals surface area contributed by atoms with E-state index in [1.807, 2.05) is 72.3 Å². The number of nitrogens with zero attached hydrogens (tertiary/aromatic N) is 3. The van der Waals surface area contributed by atoms with Gasteiger partial charge in [-0.25, -0.2) is 9.79 Å². The Hall–Kier alpha value is -4.15. The molecule has 0 radical (unpaired) electrons. The van der Waals surface area contributed by atoms with Crippen LogP contribution in [0.5, 0.6) is 0 Å². The standard InChI is InChI=1S/C29H25N3O3S/c1-5-15-31-17-21(22-9-7-8-10-23(22)31)16-24-27(33)32-26(20-13-11-18(3)12-14-20)25(28(34)35-6-2)19(4)30-29(32)36-24/h1,7-14,16-17,26H,6,15H2,2-4H3/b24-16-/t26-/m0/s1. The van der Waals surface area contributed by atoms with Crippen LogP contribution in [-0.4, -0.2) is 21.7 Å². The highest BCUT2D eigenvalue weighted by molar-refractivity contribution is 7.07. The van der Waals surface area contributed by atoms with Crippen molar-refractivity contribution in [3.63, 3.8) is 0 Å². The van der Waals surface area contributed by atoms with Gasteiger partial charge in [0.2, 0.25) is 0 Å². The van der Waals surface area contributed by atoms with E-state index in [0.29, 0.717) is 27.1 Å². The largest absolute Gasteiger partial charge is 0.463 e. The number of hydrogen-bond donors (Lipinski definition) is 0. The molecule has 0 N–H and O–H groups in total. The van der Waals surface area contributed by atoms with Crippen LogP contribution in [0.3, 0.4) is 0 Å². The van der Waals surface area contributed by atoms with Gasteiger partial charge < -0.3 is 9.30 Å². The van der Waals surface area contributed by atoms with Gasteiger partial charge in [-0.2, -0.15) is 0 Å². The molecule has 0 unspecified atom stereocenters. The molecule has 5 rings (SSSR count). The van der Waals surface area contributed by atoms with Crippen molar-refractivity contribution in [3.8, 4) is 12.3 Å². The molecule has 0 saturated heterocycles. The third-order valence-electron chi connectivity index (χ3n) is 6.28. The number of ether oxygens (including phenoxy) is 1. The first-order valence-corrected chi connectivity index (χ1v) is 12.5. The molecule has 4 aromatic rings. The van der Waals surface area contributed by atoms with Gasteiger partial charge in [-0.15, -0.1) is 6.42 Å². The lowest BCUT2D eigenvalue weighted by Gasteiger charge is -2.24. The molecule has 180 valence electrons. The lowest BCUT2D eigenvalue weighted by atomic mass is 9.95. The fourth-order valence-corrected chi connectivity index (χ4v) is 5.65. The molecular weight excluding hydrogens is 470 g/mol. The molecule has 0 amide bonds. The summed E-state index contributed by atoms with van der Waals surface area (Å²) in [6.07, 6.45) is 9.42. The number of hydrogen-bond acceptors (Lipinski definition) is 5. The van der Waals surface area contributed by atoms with E-state index in [1.165, 1.54) is 11.3 Å². The molecule has 0 spiro atoms. The highest BCUT2D eigenvalue weighted by Gasteiger charge is 2.33. The summed E-state index contributed by atoms with van der Waals surface area (Å²) in [7, 11) is 0. The van der Waals surface area contributed by atoms with Gasteiger partial charge in [-0.05, 0) is 38.5 Å². The van der Waals surface area contributed by atoms with E-state index in [1.54, 1.807) is 18.4 Å². The average molecular weight is 496 g/mol. The summed E-state index contributed by atoms with van der Waals surface area (Å²) in [5.41, 5.74) is 4.56. The summed E-state index contributed by atoms with van der Waals surface area (Å²) in [5, 5.41) is 1.01. The second-order valence-corrected chi connectivity index (χ2v) is 9.66. The van der Waals surface area contributed by atoms with Crippen LogP contribution < -0.4 is 14.9 Å². The summed E-state index contributed by atoms with van der Waals surface area (Å²) in [5.74, 6) is 2.22. The van der Waals surface area contributed by atoms with E-state index in [2.05, 4.69) is 10.9 Å². The van der Waals surface area contributed by atoms with Crippen LogP contribution in [0.25, 0.3) is 17.0 Å². The monoisotopic (exact) mass is 495 g/mol. The molecule has 6 nitrogen and oxygen atoms in total. The zero-order chi connectivity index (χ0) is 25.4. The van der Waals surface area contributed by atoms with Crippen molar-refractivity contribution in [2.75, 3.05) is 6.61 Å². The van der Waals surface area contributed by atoms with E-state index in [4.69, 9.17) is 11.2 Å². The van der Waals surface area contributed by atoms with Crippen LogP contribution in [0.2, 0.25) is 0 Å². The number of aryl methyl sites for hydroxylation is 1. The summed E-state index contributed by atoms with van der Waals surface area (Å²) in [6.45, 7) is 6.23. The van der Waals surface area contributed by atoms with Gasteiger partial charge in [-0.1, -0.05) is 65.3 Å². The van der Waals surface area contributed by atoms with E-state index in [9.17, 15) is 9.59 Å². The summed E-state index contributed by atoms with van der Waals surface area (Å²) in [4.78, 5) is 32.1. The molecule has 36 heavy (non-hydrogen) atoms. The van der Waals surface area contributed by atoms with Gasteiger partial charge in [0, 0.05) is 22.7 Å². The van der Waals surface area contributed by atoms with Crippen LogP contribution in [-0.2, 0) is 16.1 Å². The average Bonchev–Trinajstić information content (AvgIpc) is 3.36. The first-order chi connectivity index (χ1) is 17.4. The number of fused-ring (bicyclic) bond motifs is 2. The lowest BCUT2D eigenvalue weighted by molar-refractivity contribution is -0.139. The molecule has 0 saturated carbocycles. The minimum Gasteiger partial charge on any atom is -0.463 e. The van der Waals surface area contributed by atoms with E-state index in [0.717, 1.165) is 27.6 Å². The van der Waals surface area contributed by atoms with Crippen LogP contribution in [0.1, 0.15) is 36.6 Å². The molecule has 0 aliphatic carbocycles. The van der Waals surface area contributed by atoms with Gasteiger partial charge >= 0.3 is 5.97 Å². The Morgan fingerprint density at radius 3 is 2.67 bits per heavy atom. The van der Waals surface area contributed by atoms with Crippen LogP contribution in [0.4, 0.5) is 0 Å². The van der Waals surface area contributed by atoms with Crippen molar-refractivity contribution in [2.24, 2.45) is 4.99 Å². The first kappa shape index (κ1) is 23.6. The zero-order valence-electron chi connectivity index (χ0n) is 20.3. The Bertz CT molecular complexity index is 1740. The third kappa shape index (κ3) is 4.00. The van der Waals surface area contributed by atoms with Gasteiger partial charge in [0.1, 0.15) is 0 Å². The molecule has 0 bridgehead atoms. The third-order valence-corrected chi connectivity index (χ3v) is 7.26. The SMILES string of the molecule is C#CCn1cc(/C=c2\sc3n(c2=O)[C@@H](c2ccc(C)cc2)C(C(=O)OCC)=C(C)N=3)c2ccccc21. The lowest BCUT2D eigenvalue weighted by Crippen LogP contribution is -2.39. The summed E-state index contributed by atoms with van der Waals surface area (Å²) < 4.78 is 9.51. The number of benzene rings is 2. The Balaban J connectivity index is 1.74. The van der Waals surface area contributed by atoms with Gasteiger partial charge in [-0.3, -0.25) is 9.36 Å². The van der Waals surface area contributed by atoms with Crippen molar-refractivity contribution in [1.29, 1.82) is 0 Å². The van der Waals surface area contributed by atoms with Gasteiger partial charge in [0.05, 0.1) is 35.0 Å². The fourth-order valence-electron chi connectivity index (χ4n) is 4.62. The minimum atomic E-state index is -0.620. The number of para-hydroxylation sites is 1.